The maximum Gasteiger partial charge on any atom is 0.325 e. The van der Waals surface area contributed by atoms with Crippen LogP contribution < -0.4 is 15.8 Å². The number of aliphatic carboxylic acids is 1. The minimum Gasteiger partial charge on any atom is -0.480 e. The second kappa shape index (κ2) is 11.9. The van der Waals surface area contributed by atoms with Gasteiger partial charge in [0.05, 0.1) is 0 Å². The van der Waals surface area contributed by atoms with Crippen LogP contribution in [-0.4, -0.2) is 47.1 Å². The molecule has 194 valence electrons. The highest BCUT2D eigenvalue weighted by atomic mass is 16.4. The van der Waals surface area contributed by atoms with Crippen molar-refractivity contribution in [3.05, 3.63) is 124 Å². The van der Waals surface area contributed by atoms with E-state index in [1.165, 1.54) is 11.3 Å². The number of nitrogens with zero attached hydrogens (tertiary/aromatic N) is 2. The first kappa shape index (κ1) is 25.4. The Hall–Kier alpha value is -4.20. The third kappa shape index (κ3) is 6.19. The summed E-state index contributed by atoms with van der Waals surface area (Å²) in [5.74, 6) is -0.984. The summed E-state index contributed by atoms with van der Waals surface area (Å²) < 4.78 is 0. The molecule has 0 amide bonds. The number of rotatable bonds is 9. The number of benzene rings is 3. The molecule has 7 heteroatoms. The van der Waals surface area contributed by atoms with E-state index in [-0.39, 0.29) is 12.1 Å². The fourth-order valence-corrected chi connectivity index (χ4v) is 4.87. The largest absolute Gasteiger partial charge is 0.480 e. The second-order valence-corrected chi connectivity index (χ2v) is 9.58. The van der Waals surface area contributed by atoms with E-state index in [0.717, 1.165) is 44.0 Å². The number of carbonyl (C=O) groups is 1. The number of nitrogens with one attached hydrogen (secondary N) is 2. The molecule has 1 aliphatic rings. The van der Waals surface area contributed by atoms with Gasteiger partial charge in [-0.05, 0) is 34.9 Å². The number of hydrogen-bond acceptors (Lipinski definition) is 5. The Balaban J connectivity index is 1.18. The summed E-state index contributed by atoms with van der Waals surface area (Å²) in [7, 11) is 0. The fourth-order valence-electron chi connectivity index (χ4n) is 4.87. The van der Waals surface area contributed by atoms with Crippen LogP contribution in [0, 0.1) is 0 Å². The van der Waals surface area contributed by atoms with E-state index in [0.29, 0.717) is 11.1 Å². The SMILES string of the molecule is O=C(O)C(NCc1ccc(-c2ccc(N3CCN(Cc4ccccc4)CC3)cc2)[nH]c1=O)c1ccccc1. The Morgan fingerprint density at radius 2 is 1.50 bits per heavy atom. The Labute approximate surface area is 222 Å². The van der Waals surface area contributed by atoms with Gasteiger partial charge in [-0.2, -0.15) is 0 Å². The summed E-state index contributed by atoms with van der Waals surface area (Å²) in [5.41, 5.74) is 5.09. The molecule has 1 unspecified atom stereocenters. The number of hydrogen-bond donors (Lipinski definition) is 3. The van der Waals surface area contributed by atoms with Crippen LogP contribution in [0.5, 0.6) is 0 Å². The van der Waals surface area contributed by atoms with E-state index in [4.69, 9.17) is 0 Å². The molecule has 38 heavy (non-hydrogen) atoms. The predicted molar refractivity (Wildman–Crippen MR) is 150 cm³/mol. The lowest BCUT2D eigenvalue weighted by Gasteiger charge is -2.36. The average molecular weight is 509 g/mol. The fraction of sp³-hybridized carbons (Fsp3) is 0.226. The summed E-state index contributed by atoms with van der Waals surface area (Å²) in [6.45, 7) is 5.13. The molecule has 4 aromatic rings. The van der Waals surface area contributed by atoms with Crippen molar-refractivity contribution in [1.29, 1.82) is 0 Å². The van der Waals surface area contributed by atoms with Crippen LogP contribution in [0.2, 0.25) is 0 Å². The van der Waals surface area contributed by atoms with Gasteiger partial charge >= 0.3 is 5.97 Å². The summed E-state index contributed by atoms with van der Waals surface area (Å²) in [6, 6.07) is 30.5. The summed E-state index contributed by atoms with van der Waals surface area (Å²) >= 11 is 0. The summed E-state index contributed by atoms with van der Waals surface area (Å²) in [5, 5.41) is 12.6. The van der Waals surface area contributed by atoms with Crippen LogP contribution in [0.3, 0.4) is 0 Å². The van der Waals surface area contributed by atoms with Crippen molar-refractivity contribution in [3.8, 4) is 11.3 Å². The topological polar surface area (TPSA) is 88.7 Å². The van der Waals surface area contributed by atoms with E-state index in [2.05, 4.69) is 62.6 Å². The van der Waals surface area contributed by atoms with Crippen molar-refractivity contribution in [2.24, 2.45) is 0 Å². The van der Waals surface area contributed by atoms with Crippen molar-refractivity contribution in [3.63, 3.8) is 0 Å². The first-order valence-corrected chi connectivity index (χ1v) is 12.9. The minimum absolute atomic E-state index is 0.149. The van der Waals surface area contributed by atoms with Gasteiger partial charge in [0.15, 0.2) is 0 Å². The lowest BCUT2D eigenvalue weighted by Crippen LogP contribution is -2.45. The molecular weight excluding hydrogens is 476 g/mol. The summed E-state index contributed by atoms with van der Waals surface area (Å²) in [4.78, 5) is 32.3. The van der Waals surface area contributed by atoms with Gasteiger partial charge < -0.3 is 15.0 Å². The molecule has 1 aromatic heterocycles. The van der Waals surface area contributed by atoms with Crippen LogP contribution in [0.25, 0.3) is 11.3 Å². The van der Waals surface area contributed by atoms with Crippen LogP contribution in [0.15, 0.2) is 102 Å². The molecule has 1 atom stereocenters. The predicted octanol–water partition coefficient (Wildman–Crippen LogP) is 4.28. The maximum atomic E-state index is 12.8. The van der Waals surface area contributed by atoms with Gasteiger partial charge in [0, 0.05) is 56.2 Å². The number of aromatic nitrogens is 1. The van der Waals surface area contributed by atoms with Gasteiger partial charge in [-0.15, -0.1) is 0 Å². The summed E-state index contributed by atoms with van der Waals surface area (Å²) in [6.07, 6.45) is 0. The first-order valence-electron chi connectivity index (χ1n) is 12.9. The van der Waals surface area contributed by atoms with Crippen LogP contribution in [0.4, 0.5) is 5.69 Å². The Bertz CT molecular complexity index is 1400. The zero-order valence-electron chi connectivity index (χ0n) is 21.2. The normalized spacial score (nSPS) is 14.8. The molecule has 1 fully saturated rings. The number of H-pyrrole nitrogens is 1. The number of pyridine rings is 1. The average Bonchev–Trinajstić information content (AvgIpc) is 2.95. The van der Waals surface area contributed by atoms with E-state index in [1.807, 2.05) is 24.3 Å². The molecule has 0 saturated carbocycles. The highest BCUT2D eigenvalue weighted by Crippen LogP contribution is 2.23. The Kier molecular flexibility index (Phi) is 7.97. The third-order valence-electron chi connectivity index (χ3n) is 7.03. The number of anilines is 1. The van der Waals surface area contributed by atoms with Gasteiger partial charge in [0.25, 0.3) is 5.56 Å². The zero-order chi connectivity index (χ0) is 26.3. The number of carboxylic acids is 1. The highest BCUT2D eigenvalue weighted by molar-refractivity contribution is 5.75. The van der Waals surface area contributed by atoms with E-state index in [1.54, 1.807) is 30.3 Å². The van der Waals surface area contributed by atoms with Gasteiger partial charge in [-0.25, -0.2) is 0 Å². The molecule has 5 rings (SSSR count). The number of aromatic amines is 1. The van der Waals surface area contributed by atoms with Gasteiger partial charge in [0.2, 0.25) is 0 Å². The monoisotopic (exact) mass is 508 g/mol. The Morgan fingerprint density at radius 3 is 2.13 bits per heavy atom. The van der Waals surface area contributed by atoms with E-state index in [9.17, 15) is 14.7 Å². The molecule has 0 bridgehead atoms. The van der Waals surface area contributed by atoms with Crippen molar-refractivity contribution in [1.82, 2.24) is 15.2 Å². The lowest BCUT2D eigenvalue weighted by atomic mass is 10.1. The highest BCUT2D eigenvalue weighted by Gasteiger charge is 2.20. The zero-order valence-corrected chi connectivity index (χ0v) is 21.2. The molecule has 7 nitrogen and oxygen atoms in total. The van der Waals surface area contributed by atoms with Crippen molar-refractivity contribution >= 4 is 11.7 Å². The van der Waals surface area contributed by atoms with Crippen molar-refractivity contribution in [2.75, 3.05) is 31.1 Å². The molecule has 0 aliphatic carbocycles. The lowest BCUT2D eigenvalue weighted by molar-refractivity contribution is -0.139. The van der Waals surface area contributed by atoms with Crippen molar-refractivity contribution in [2.45, 2.75) is 19.1 Å². The second-order valence-electron chi connectivity index (χ2n) is 9.58. The van der Waals surface area contributed by atoms with Crippen LogP contribution in [-0.2, 0) is 17.9 Å². The third-order valence-corrected chi connectivity index (χ3v) is 7.03. The molecule has 2 heterocycles. The van der Waals surface area contributed by atoms with Gasteiger partial charge in [0.1, 0.15) is 6.04 Å². The molecule has 0 radical (unpaired) electrons. The molecule has 3 aromatic carbocycles. The maximum absolute atomic E-state index is 12.8. The first-order chi connectivity index (χ1) is 18.6. The molecular formula is C31H32N4O3. The van der Waals surface area contributed by atoms with E-state index >= 15 is 0 Å². The van der Waals surface area contributed by atoms with E-state index < -0.39 is 12.0 Å². The standard InChI is InChI=1S/C31H32N4O3/c36-30-26(21-32-29(31(37)38)25-9-5-2-6-10-25)13-16-28(33-30)24-11-14-27(15-12-24)35-19-17-34(18-20-35)22-23-7-3-1-4-8-23/h1-16,29,32H,17-22H2,(H,33,36)(H,37,38). The molecule has 1 saturated heterocycles. The van der Waals surface area contributed by atoms with Crippen LogP contribution >= 0.6 is 0 Å². The molecule has 1 aliphatic heterocycles. The smallest absolute Gasteiger partial charge is 0.325 e. The van der Waals surface area contributed by atoms with Crippen molar-refractivity contribution < 1.29 is 9.90 Å². The minimum atomic E-state index is -0.984. The Morgan fingerprint density at radius 1 is 0.842 bits per heavy atom. The quantitative estimate of drug-likeness (QED) is 0.313. The number of carboxylic acid groups (broad SMARTS) is 1. The van der Waals surface area contributed by atoms with Gasteiger partial charge in [-0.3, -0.25) is 19.8 Å². The molecule has 0 spiro atoms. The van der Waals surface area contributed by atoms with Gasteiger partial charge in [-0.1, -0.05) is 78.9 Å². The van der Waals surface area contributed by atoms with Crippen LogP contribution in [0.1, 0.15) is 22.7 Å². The number of piperazine rings is 1. The molecule has 3 N–H and O–H groups in total.